The molecule has 1 amide bonds. The van der Waals surface area contributed by atoms with Crippen molar-refractivity contribution in [3.05, 3.63) is 29.5 Å². The van der Waals surface area contributed by atoms with Crippen molar-refractivity contribution >= 4 is 29.0 Å². The number of aromatic nitrogens is 2. The van der Waals surface area contributed by atoms with Crippen LogP contribution in [0.2, 0.25) is 5.02 Å². The van der Waals surface area contributed by atoms with Gasteiger partial charge in [0.25, 0.3) is 0 Å². The van der Waals surface area contributed by atoms with E-state index in [4.69, 9.17) is 11.6 Å². The lowest BCUT2D eigenvalue weighted by Crippen LogP contribution is -2.30. The molecular weight excluding hydrogens is 259 g/mol. The molecule has 8 heteroatoms. The van der Waals surface area contributed by atoms with Crippen molar-refractivity contribution in [3.8, 4) is 0 Å². The Kier molecular flexibility index (Phi) is 2.70. The van der Waals surface area contributed by atoms with Crippen LogP contribution < -0.4 is 5.32 Å². The van der Waals surface area contributed by atoms with Gasteiger partial charge in [0.15, 0.2) is 5.82 Å². The molecule has 0 fully saturated rings. The van der Waals surface area contributed by atoms with Gasteiger partial charge in [-0.05, 0) is 12.1 Å². The van der Waals surface area contributed by atoms with Crippen LogP contribution in [0.5, 0.6) is 0 Å². The quantitative estimate of drug-likeness (QED) is 0.859. The fourth-order valence-electron chi connectivity index (χ4n) is 1.21. The first-order valence-electron chi connectivity index (χ1n) is 4.39. The first-order valence-corrected chi connectivity index (χ1v) is 4.76. The Labute approximate surface area is 98.0 Å². The molecule has 2 aromatic heterocycles. The number of halogens is 4. The van der Waals surface area contributed by atoms with Crippen LogP contribution in [0, 0.1) is 0 Å². The summed E-state index contributed by atoms with van der Waals surface area (Å²) in [5, 5.41) is 2.06. The Balaban J connectivity index is 2.29. The first-order chi connectivity index (χ1) is 7.86. The van der Waals surface area contributed by atoms with Gasteiger partial charge in [-0.3, -0.25) is 4.79 Å². The number of pyridine rings is 1. The van der Waals surface area contributed by atoms with Crippen molar-refractivity contribution in [3.63, 3.8) is 0 Å². The standard InChI is InChI=1S/C9H5ClF3N3O/c10-5-1-2-7-14-6(4-16(7)3-5)15-8(17)9(11,12)13/h1-4H,(H,15,17). The van der Waals surface area contributed by atoms with Crippen LogP contribution >= 0.6 is 11.6 Å². The van der Waals surface area contributed by atoms with Gasteiger partial charge in [-0.15, -0.1) is 0 Å². The van der Waals surface area contributed by atoms with Gasteiger partial charge in [0.05, 0.1) is 11.2 Å². The molecule has 4 nitrogen and oxygen atoms in total. The molecule has 0 unspecified atom stereocenters. The molecule has 2 heterocycles. The van der Waals surface area contributed by atoms with Gasteiger partial charge in [-0.2, -0.15) is 13.2 Å². The van der Waals surface area contributed by atoms with Crippen LogP contribution in [-0.2, 0) is 4.79 Å². The molecule has 0 saturated carbocycles. The number of nitrogens with one attached hydrogen (secondary N) is 1. The largest absolute Gasteiger partial charge is 0.471 e. The number of imidazole rings is 1. The van der Waals surface area contributed by atoms with Gasteiger partial charge in [0.1, 0.15) is 5.65 Å². The van der Waals surface area contributed by atoms with Gasteiger partial charge in [-0.25, -0.2) is 4.98 Å². The van der Waals surface area contributed by atoms with E-state index in [0.29, 0.717) is 10.7 Å². The minimum atomic E-state index is -4.94. The Hall–Kier alpha value is -1.76. The fraction of sp³-hybridized carbons (Fsp3) is 0.111. The molecule has 2 rings (SSSR count). The van der Waals surface area contributed by atoms with Gasteiger partial charge in [0, 0.05) is 6.20 Å². The summed E-state index contributed by atoms with van der Waals surface area (Å²) in [5.41, 5.74) is 0.381. The summed E-state index contributed by atoms with van der Waals surface area (Å²) in [5.74, 6) is -2.25. The number of anilines is 1. The number of hydrogen-bond acceptors (Lipinski definition) is 2. The number of nitrogens with zero attached hydrogens (tertiary/aromatic N) is 2. The summed E-state index contributed by atoms with van der Waals surface area (Å²) in [6.07, 6.45) is -2.23. The molecule has 0 spiro atoms. The molecule has 0 bridgehead atoms. The average Bonchev–Trinajstić information content (AvgIpc) is 2.57. The van der Waals surface area contributed by atoms with E-state index in [0.717, 1.165) is 0 Å². The number of fused-ring (bicyclic) bond motifs is 1. The maximum absolute atomic E-state index is 12.0. The first kappa shape index (κ1) is 11.7. The van der Waals surface area contributed by atoms with E-state index in [-0.39, 0.29) is 5.82 Å². The lowest BCUT2D eigenvalue weighted by Gasteiger charge is -2.04. The highest BCUT2D eigenvalue weighted by Gasteiger charge is 2.39. The molecule has 0 atom stereocenters. The monoisotopic (exact) mass is 263 g/mol. The van der Waals surface area contributed by atoms with E-state index >= 15 is 0 Å². The van der Waals surface area contributed by atoms with Gasteiger partial charge in [-0.1, -0.05) is 11.6 Å². The number of hydrogen-bond donors (Lipinski definition) is 1. The van der Waals surface area contributed by atoms with Crippen LogP contribution in [0.1, 0.15) is 0 Å². The van der Waals surface area contributed by atoms with Crippen LogP contribution in [0.25, 0.3) is 5.65 Å². The zero-order chi connectivity index (χ0) is 12.6. The van der Waals surface area contributed by atoms with Crippen molar-refractivity contribution in [2.75, 3.05) is 5.32 Å². The summed E-state index contributed by atoms with van der Waals surface area (Å²) >= 11 is 5.69. The molecule has 0 radical (unpaired) electrons. The number of amides is 1. The van der Waals surface area contributed by atoms with E-state index in [1.165, 1.54) is 22.9 Å². The summed E-state index contributed by atoms with van der Waals surface area (Å²) in [6.45, 7) is 0. The Morgan fingerprint density at radius 2 is 2.06 bits per heavy atom. The zero-order valence-electron chi connectivity index (χ0n) is 8.12. The minimum Gasteiger partial charge on any atom is -0.303 e. The third kappa shape index (κ3) is 2.50. The molecule has 0 aliphatic rings. The molecular formula is C9H5ClF3N3O. The number of carbonyl (C=O) groups excluding carboxylic acids is 1. The summed E-state index contributed by atoms with van der Waals surface area (Å²) in [7, 11) is 0. The topological polar surface area (TPSA) is 46.4 Å². The smallest absolute Gasteiger partial charge is 0.303 e. The maximum atomic E-state index is 12.0. The van der Waals surface area contributed by atoms with Crippen molar-refractivity contribution in [1.82, 2.24) is 9.38 Å². The lowest BCUT2D eigenvalue weighted by molar-refractivity contribution is -0.167. The van der Waals surface area contributed by atoms with E-state index in [1.807, 2.05) is 0 Å². The summed E-state index contributed by atoms with van der Waals surface area (Å²) in [4.78, 5) is 14.4. The van der Waals surface area contributed by atoms with Crippen LogP contribution in [0.4, 0.5) is 19.0 Å². The van der Waals surface area contributed by atoms with Crippen LogP contribution in [0.3, 0.4) is 0 Å². The predicted octanol–water partition coefficient (Wildman–Crippen LogP) is 2.49. The molecule has 0 saturated heterocycles. The van der Waals surface area contributed by atoms with Gasteiger partial charge < -0.3 is 9.72 Å². The van der Waals surface area contributed by atoms with E-state index in [1.54, 1.807) is 11.4 Å². The third-order valence-electron chi connectivity index (χ3n) is 1.91. The van der Waals surface area contributed by atoms with Crippen molar-refractivity contribution in [2.45, 2.75) is 6.18 Å². The molecule has 0 aliphatic carbocycles. The highest BCUT2D eigenvalue weighted by molar-refractivity contribution is 6.30. The fourth-order valence-corrected chi connectivity index (χ4v) is 1.38. The average molecular weight is 264 g/mol. The Morgan fingerprint density at radius 3 is 2.71 bits per heavy atom. The number of alkyl halides is 3. The van der Waals surface area contributed by atoms with E-state index in [2.05, 4.69) is 4.98 Å². The minimum absolute atomic E-state index is 0.186. The normalized spacial score (nSPS) is 11.8. The highest BCUT2D eigenvalue weighted by atomic mass is 35.5. The molecule has 0 aromatic carbocycles. The molecule has 17 heavy (non-hydrogen) atoms. The lowest BCUT2D eigenvalue weighted by atomic mass is 10.5. The predicted molar refractivity (Wildman–Crippen MR) is 54.9 cm³/mol. The van der Waals surface area contributed by atoms with E-state index in [9.17, 15) is 18.0 Å². The van der Waals surface area contributed by atoms with Crippen LogP contribution in [0.15, 0.2) is 24.5 Å². The second-order valence-electron chi connectivity index (χ2n) is 3.19. The second-order valence-corrected chi connectivity index (χ2v) is 3.63. The maximum Gasteiger partial charge on any atom is 0.471 e. The van der Waals surface area contributed by atoms with Gasteiger partial charge >= 0.3 is 12.1 Å². The Bertz CT molecular complexity index is 578. The van der Waals surface area contributed by atoms with Gasteiger partial charge in [0.2, 0.25) is 0 Å². The second kappa shape index (κ2) is 3.92. The SMILES string of the molecule is O=C(Nc1cn2cc(Cl)ccc2n1)C(F)(F)F. The molecule has 0 aliphatic heterocycles. The summed E-state index contributed by atoms with van der Waals surface area (Å²) < 4.78 is 37.4. The van der Waals surface area contributed by atoms with Crippen molar-refractivity contribution in [2.24, 2.45) is 0 Å². The molecule has 1 N–H and O–H groups in total. The highest BCUT2D eigenvalue weighted by Crippen LogP contribution is 2.19. The number of carbonyl (C=O) groups is 1. The zero-order valence-corrected chi connectivity index (χ0v) is 8.88. The number of rotatable bonds is 1. The summed E-state index contributed by atoms with van der Waals surface area (Å²) in [6, 6.07) is 3.06. The molecule has 2 aromatic rings. The van der Waals surface area contributed by atoms with Crippen molar-refractivity contribution < 1.29 is 18.0 Å². The third-order valence-corrected chi connectivity index (χ3v) is 2.14. The Morgan fingerprint density at radius 1 is 1.35 bits per heavy atom. The molecule has 90 valence electrons. The van der Waals surface area contributed by atoms with Crippen LogP contribution in [-0.4, -0.2) is 21.5 Å². The van der Waals surface area contributed by atoms with Crippen molar-refractivity contribution in [1.29, 1.82) is 0 Å². The van der Waals surface area contributed by atoms with E-state index < -0.39 is 12.1 Å².